The molecule has 6 aliphatic rings. The summed E-state index contributed by atoms with van der Waals surface area (Å²) in [4.78, 5) is 2.55. The van der Waals surface area contributed by atoms with Crippen LogP contribution < -0.4 is 4.90 Å². The summed E-state index contributed by atoms with van der Waals surface area (Å²) >= 11 is 0. The van der Waals surface area contributed by atoms with Crippen LogP contribution in [0.3, 0.4) is 0 Å². The maximum absolute atomic E-state index is 2.62. The fourth-order valence-electron chi connectivity index (χ4n) is 18.0. The van der Waals surface area contributed by atoms with Gasteiger partial charge in [-0.1, -0.05) is 237 Å². The van der Waals surface area contributed by atoms with Crippen LogP contribution in [0.1, 0.15) is 70.2 Å². The first-order valence-electron chi connectivity index (χ1n) is 32.1. The first-order valence-corrected chi connectivity index (χ1v) is 32.1. The third-order valence-corrected chi connectivity index (χ3v) is 21.3. The molecule has 2 nitrogen and oxygen atoms in total. The summed E-state index contributed by atoms with van der Waals surface area (Å²) in [5.41, 5.74) is 32.9. The van der Waals surface area contributed by atoms with Gasteiger partial charge in [0, 0.05) is 33.2 Å². The summed E-state index contributed by atoms with van der Waals surface area (Å²) in [7, 11) is 0. The van der Waals surface area contributed by atoms with E-state index in [2.05, 4.69) is 313 Å². The molecule has 2 unspecified atom stereocenters. The van der Waals surface area contributed by atoms with Crippen LogP contribution in [0.2, 0.25) is 0 Å². The fraction of sp³-hybridized carbons (Fsp3) is 0.0682. The van der Waals surface area contributed by atoms with E-state index >= 15 is 0 Å². The van der Waals surface area contributed by atoms with E-state index in [-0.39, 0.29) is 0 Å². The molecule has 1 aromatic heterocycles. The van der Waals surface area contributed by atoms with Crippen LogP contribution in [0.4, 0.5) is 17.1 Å². The van der Waals surface area contributed by atoms with Gasteiger partial charge in [-0.15, -0.1) is 0 Å². The molecular weight excluding hydrogens is 1080 g/mol. The predicted molar refractivity (Wildman–Crippen MR) is 375 cm³/mol. The topological polar surface area (TPSA) is 8.17 Å². The van der Waals surface area contributed by atoms with Crippen molar-refractivity contribution in [1.29, 1.82) is 0 Å². The zero-order chi connectivity index (χ0) is 58.8. The fourth-order valence-corrected chi connectivity index (χ4v) is 18.0. The van der Waals surface area contributed by atoms with Crippen LogP contribution in [0.5, 0.6) is 0 Å². The van der Waals surface area contributed by atoms with Gasteiger partial charge in [0.1, 0.15) is 0 Å². The Balaban J connectivity index is 0.903. The van der Waals surface area contributed by atoms with Gasteiger partial charge in [0.2, 0.25) is 0 Å². The van der Waals surface area contributed by atoms with Gasteiger partial charge >= 0.3 is 0 Å². The highest BCUT2D eigenvalue weighted by molar-refractivity contribution is 6.26. The number of benzene rings is 13. The molecule has 90 heavy (non-hydrogen) atoms. The summed E-state index contributed by atoms with van der Waals surface area (Å²) in [5.74, 6) is 0. The quantitative estimate of drug-likeness (QED) is 0.151. The summed E-state index contributed by atoms with van der Waals surface area (Å²) in [6.45, 7) is 0. The molecule has 0 aliphatic heterocycles. The zero-order valence-electron chi connectivity index (χ0n) is 49.6. The molecule has 2 spiro atoms. The van der Waals surface area contributed by atoms with E-state index in [9.17, 15) is 0 Å². The number of hydrogen-bond acceptors (Lipinski definition) is 1. The maximum atomic E-state index is 2.62. The van der Waals surface area contributed by atoms with Crippen molar-refractivity contribution < 1.29 is 0 Å². The lowest BCUT2D eigenvalue weighted by Crippen LogP contribution is -2.27. The van der Waals surface area contributed by atoms with Crippen LogP contribution in [0.15, 0.2) is 315 Å². The van der Waals surface area contributed by atoms with Crippen molar-refractivity contribution in [2.45, 2.75) is 36.5 Å². The lowest BCUT2D eigenvalue weighted by molar-refractivity contribution is 0.781. The number of rotatable bonds is 6. The van der Waals surface area contributed by atoms with Crippen molar-refractivity contribution in [2.24, 2.45) is 0 Å². The average Bonchev–Trinajstić information content (AvgIpc) is 1.78. The van der Waals surface area contributed by atoms with E-state index in [1.807, 2.05) is 0 Å². The molecular formula is C88H58N2. The zero-order valence-corrected chi connectivity index (χ0v) is 49.6. The van der Waals surface area contributed by atoms with Crippen molar-refractivity contribution in [2.75, 3.05) is 4.90 Å². The van der Waals surface area contributed by atoms with Crippen LogP contribution in [-0.2, 0) is 10.8 Å². The van der Waals surface area contributed by atoms with E-state index in [0.29, 0.717) is 0 Å². The van der Waals surface area contributed by atoms with Gasteiger partial charge in [-0.05, 0) is 220 Å². The highest BCUT2D eigenvalue weighted by Gasteiger charge is 2.54. The highest BCUT2D eigenvalue weighted by Crippen LogP contribution is 2.66. The Hall–Kier alpha value is -11.1. The second-order valence-corrected chi connectivity index (χ2v) is 25.4. The molecule has 6 aliphatic carbocycles. The number of nitrogens with zero attached hydrogens (tertiary/aromatic N) is 2. The van der Waals surface area contributed by atoms with Crippen molar-refractivity contribution in [3.05, 3.63) is 359 Å². The third kappa shape index (κ3) is 6.47. The average molecular weight is 1140 g/mol. The first-order chi connectivity index (χ1) is 44.7. The van der Waals surface area contributed by atoms with Crippen molar-refractivity contribution in [3.63, 3.8) is 0 Å². The van der Waals surface area contributed by atoms with Gasteiger partial charge in [-0.3, -0.25) is 0 Å². The standard InChI is InChI=1S/C88H58N2/c1-3-24-57(25-4-1)89(59-48-51-82-72(54-59)68-34-15-22-44-81(68)90(82)58-26-5-2-6-27-58)83-45-23-37-71-84(55-46-49-66-64-32-13-20-42-77(64)87(79(66)52-55)73-38-16-9-28-60(73)61-29-10-17-39-74(61)87)69-35-7-8-36-70(69)85(86(71)83)56-47-50-67-65-33-14-21-43-78(65)88(80(67)53-56)75-40-18-11-30-62(75)63-31-12-19-41-76(63)88/h1-9,11,13-28,30,32-54H,10,12,29,31H2. The number of para-hydroxylation sites is 3. The minimum absolute atomic E-state index is 0.451. The van der Waals surface area contributed by atoms with Crippen LogP contribution >= 0.6 is 0 Å². The third-order valence-electron chi connectivity index (χ3n) is 21.3. The van der Waals surface area contributed by atoms with Crippen molar-refractivity contribution in [3.8, 4) is 50.2 Å². The number of anilines is 3. The van der Waals surface area contributed by atoms with Crippen molar-refractivity contribution >= 4 is 71.6 Å². The smallest absolute Gasteiger partial charge is 0.0722 e. The lowest BCUT2D eigenvalue weighted by Gasteiger charge is -2.33. The SMILES string of the molecule is C1=CC2=C(CC1)c1ccccc1C21c2ccccc2-c2ccc(-c3c4ccccc4c(-c4ccc5c(c4)C4(C6=C(CCC=C6)c6ccccc64)c4ccccc4-5)c4c(N(c5ccccc5)c5ccc6c(c5)c5ccccc5n6-c5ccccc5)cccc34)cc21. The van der Waals surface area contributed by atoms with Crippen LogP contribution in [0, 0.1) is 0 Å². The monoisotopic (exact) mass is 1140 g/mol. The summed E-state index contributed by atoms with van der Waals surface area (Å²) < 4.78 is 2.42. The molecule has 0 radical (unpaired) electrons. The molecule has 0 fully saturated rings. The van der Waals surface area contributed by atoms with E-state index in [0.717, 1.165) is 48.4 Å². The van der Waals surface area contributed by atoms with Gasteiger partial charge in [-0.25, -0.2) is 0 Å². The second-order valence-electron chi connectivity index (χ2n) is 25.4. The van der Waals surface area contributed by atoms with Gasteiger partial charge in [0.05, 0.1) is 27.6 Å². The number of allylic oxidation sites excluding steroid dienone is 8. The number of aromatic nitrogens is 1. The molecule has 0 amide bonds. The molecule has 420 valence electrons. The van der Waals surface area contributed by atoms with Gasteiger partial charge in [-0.2, -0.15) is 0 Å². The Kier molecular flexibility index (Phi) is 10.4. The van der Waals surface area contributed by atoms with E-state index in [1.54, 1.807) is 0 Å². The van der Waals surface area contributed by atoms with E-state index < -0.39 is 10.8 Å². The first kappa shape index (κ1) is 50.0. The van der Waals surface area contributed by atoms with Gasteiger partial charge < -0.3 is 9.47 Å². The molecule has 0 saturated carbocycles. The van der Waals surface area contributed by atoms with Gasteiger partial charge in [0.15, 0.2) is 0 Å². The predicted octanol–water partition coefficient (Wildman–Crippen LogP) is 22.8. The van der Waals surface area contributed by atoms with Crippen LogP contribution in [0.25, 0.3) is 105 Å². The molecule has 2 heteroatoms. The molecule has 0 bridgehead atoms. The van der Waals surface area contributed by atoms with Gasteiger partial charge in [0.25, 0.3) is 0 Å². The second kappa shape index (κ2) is 18.7. The summed E-state index contributed by atoms with van der Waals surface area (Å²) in [6, 6.07) is 107. The number of hydrogen-bond donors (Lipinski definition) is 0. The number of fused-ring (bicyclic) bond motifs is 23. The summed E-state index contributed by atoms with van der Waals surface area (Å²) in [6.07, 6.45) is 14.0. The highest BCUT2D eigenvalue weighted by atomic mass is 15.1. The minimum Gasteiger partial charge on any atom is -0.310 e. The van der Waals surface area contributed by atoms with Crippen molar-refractivity contribution in [1.82, 2.24) is 4.57 Å². The molecule has 0 N–H and O–H groups in total. The Bertz CT molecular complexity index is 5610. The Morgan fingerprint density at radius 1 is 0.311 bits per heavy atom. The Labute approximate surface area is 523 Å². The Morgan fingerprint density at radius 2 is 0.778 bits per heavy atom. The molecule has 2 atom stereocenters. The molecule has 20 rings (SSSR count). The molecule has 13 aromatic carbocycles. The Morgan fingerprint density at radius 3 is 1.39 bits per heavy atom. The van der Waals surface area contributed by atoms with Crippen LogP contribution in [-0.4, -0.2) is 4.57 Å². The normalized spacial score (nSPS) is 17.7. The van der Waals surface area contributed by atoms with E-state index in [1.165, 1.54) is 155 Å². The lowest BCUT2D eigenvalue weighted by atomic mass is 9.68. The molecule has 0 saturated heterocycles. The largest absolute Gasteiger partial charge is 0.310 e. The maximum Gasteiger partial charge on any atom is 0.0722 e. The van der Waals surface area contributed by atoms with E-state index in [4.69, 9.17) is 0 Å². The summed E-state index contributed by atoms with van der Waals surface area (Å²) in [5, 5.41) is 7.30. The molecule has 1 heterocycles. The molecule has 14 aromatic rings. The minimum atomic E-state index is -0.469.